The van der Waals surface area contributed by atoms with Gasteiger partial charge in [-0.3, -0.25) is 4.79 Å². The van der Waals surface area contributed by atoms with Gasteiger partial charge in [0.25, 0.3) is 0 Å². The highest BCUT2D eigenvalue weighted by molar-refractivity contribution is 5.86. The Labute approximate surface area is 154 Å². The van der Waals surface area contributed by atoms with Crippen molar-refractivity contribution in [1.82, 2.24) is 10.5 Å². The molecule has 0 saturated heterocycles. The fraction of sp³-hybridized carbons (Fsp3) is 0.636. The van der Waals surface area contributed by atoms with Gasteiger partial charge in [-0.15, -0.1) is 0 Å². The Morgan fingerprint density at radius 2 is 1.88 bits per heavy atom. The Kier molecular flexibility index (Phi) is 3.67. The van der Waals surface area contributed by atoms with Crippen molar-refractivity contribution in [2.75, 3.05) is 0 Å². The molecule has 4 bridgehead atoms. The zero-order valence-corrected chi connectivity index (χ0v) is 15.8. The zero-order valence-electron chi connectivity index (χ0n) is 15.8. The summed E-state index contributed by atoms with van der Waals surface area (Å²) in [6.07, 6.45) is 8.54. The summed E-state index contributed by atoms with van der Waals surface area (Å²) in [6, 6.07) is 6.24. The first-order chi connectivity index (χ1) is 12.5. The number of carbonyl (C=O) groups excluding carboxylic acids is 1. The summed E-state index contributed by atoms with van der Waals surface area (Å²) in [4.78, 5) is 12.7. The van der Waals surface area contributed by atoms with Crippen LogP contribution in [0, 0.1) is 30.1 Å². The maximum atomic E-state index is 12.7. The minimum Gasteiger partial charge on any atom is -0.356 e. The molecule has 1 N–H and O–H groups in total. The van der Waals surface area contributed by atoms with Crippen LogP contribution in [0.5, 0.6) is 0 Å². The van der Waals surface area contributed by atoms with Gasteiger partial charge in [0.05, 0.1) is 6.42 Å². The van der Waals surface area contributed by atoms with Crippen LogP contribution in [-0.4, -0.2) is 17.1 Å². The predicted octanol–water partition coefficient (Wildman–Crippen LogP) is 4.40. The first kappa shape index (κ1) is 16.3. The molecule has 0 spiro atoms. The van der Waals surface area contributed by atoms with Crippen molar-refractivity contribution in [3.63, 3.8) is 0 Å². The fourth-order valence-corrected chi connectivity index (χ4v) is 6.54. The van der Waals surface area contributed by atoms with E-state index in [1.54, 1.807) is 0 Å². The summed E-state index contributed by atoms with van der Waals surface area (Å²) < 4.78 is 5.38. The van der Waals surface area contributed by atoms with Gasteiger partial charge in [-0.05, 0) is 87.7 Å². The van der Waals surface area contributed by atoms with Crippen LogP contribution in [0.1, 0.15) is 56.7 Å². The number of carbonyl (C=O) groups is 1. The smallest absolute Gasteiger partial charge is 0.226 e. The second-order valence-corrected chi connectivity index (χ2v) is 9.37. The highest BCUT2D eigenvalue weighted by Crippen LogP contribution is 2.61. The first-order valence-corrected chi connectivity index (χ1v) is 10.1. The molecule has 1 atom stereocenters. The summed E-state index contributed by atoms with van der Waals surface area (Å²) in [7, 11) is 0. The number of nitrogens with one attached hydrogen (secondary N) is 1. The van der Waals surface area contributed by atoms with Gasteiger partial charge in [0.1, 0.15) is 5.69 Å². The lowest BCUT2D eigenvalue weighted by molar-refractivity contribution is -0.125. The van der Waals surface area contributed by atoms with E-state index in [1.807, 2.05) is 19.1 Å². The lowest BCUT2D eigenvalue weighted by Crippen LogP contribution is -2.56. The molecule has 4 heteroatoms. The highest BCUT2D eigenvalue weighted by Gasteiger charge is 2.53. The minimum atomic E-state index is 0.0740. The Hall–Kier alpha value is -1.84. The number of amides is 1. The molecule has 4 aliphatic rings. The average molecular weight is 352 g/mol. The van der Waals surface area contributed by atoms with E-state index < -0.39 is 0 Å². The quantitative estimate of drug-likeness (QED) is 0.887. The molecule has 0 aliphatic heterocycles. The van der Waals surface area contributed by atoms with Crippen LogP contribution in [0.25, 0.3) is 11.0 Å². The lowest BCUT2D eigenvalue weighted by atomic mass is 9.48. The van der Waals surface area contributed by atoms with E-state index in [-0.39, 0.29) is 11.9 Å². The molecule has 1 aromatic carbocycles. The average Bonchev–Trinajstić information content (AvgIpc) is 2.95. The van der Waals surface area contributed by atoms with Gasteiger partial charge < -0.3 is 9.84 Å². The second-order valence-electron chi connectivity index (χ2n) is 9.37. The van der Waals surface area contributed by atoms with Crippen molar-refractivity contribution < 1.29 is 9.32 Å². The van der Waals surface area contributed by atoms with E-state index in [0.29, 0.717) is 11.8 Å². The van der Waals surface area contributed by atoms with Crippen molar-refractivity contribution in [1.29, 1.82) is 0 Å². The molecule has 1 amide bonds. The van der Waals surface area contributed by atoms with Crippen LogP contribution < -0.4 is 5.32 Å². The first-order valence-electron chi connectivity index (χ1n) is 10.1. The highest BCUT2D eigenvalue weighted by atomic mass is 16.5. The normalized spacial score (nSPS) is 33.5. The Balaban J connectivity index is 1.30. The lowest BCUT2D eigenvalue weighted by Gasteiger charge is -2.59. The molecule has 4 fully saturated rings. The predicted molar refractivity (Wildman–Crippen MR) is 101 cm³/mol. The Bertz CT molecular complexity index is 818. The molecule has 1 heterocycles. The van der Waals surface area contributed by atoms with E-state index >= 15 is 0 Å². The number of aryl methyl sites for hydroxylation is 1. The van der Waals surface area contributed by atoms with Gasteiger partial charge in [-0.1, -0.05) is 16.8 Å². The molecular formula is C22H28N2O2. The Morgan fingerprint density at radius 1 is 1.23 bits per heavy atom. The molecule has 0 radical (unpaired) electrons. The summed E-state index contributed by atoms with van der Waals surface area (Å²) in [5, 5.41) is 8.43. The maximum Gasteiger partial charge on any atom is 0.226 e. The molecule has 1 aromatic heterocycles. The zero-order chi connectivity index (χ0) is 17.9. The summed E-state index contributed by atoms with van der Waals surface area (Å²) in [6.45, 7) is 4.28. The van der Waals surface area contributed by atoms with E-state index in [4.69, 9.17) is 4.52 Å². The van der Waals surface area contributed by atoms with Crippen molar-refractivity contribution in [3.05, 3.63) is 29.5 Å². The van der Waals surface area contributed by atoms with Gasteiger partial charge in [0.2, 0.25) is 5.91 Å². The molecule has 26 heavy (non-hydrogen) atoms. The molecule has 1 unspecified atom stereocenters. The Morgan fingerprint density at radius 3 is 2.54 bits per heavy atom. The summed E-state index contributed by atoms with van der Waals surface area (Å²) >= 11 is 0. The van der Waals surface area contributed by atoms with Gasteiger partial charge in [0.15, 0.2) is 5.58 Å². The molecular weight excluding hydrogens is 324 g/mol. The van der Waals surface area contributed by atoms with Gasteiger partial charge in [-0.2, -0.15) is 0 Å². The third-order valence-corrected chi connectivity index (χ3v) is 7.41. The molecule has 4 aliphatic carbocycles. The number of aromatic nitrogens is 1. The maximum absolute atomic E-state index is 12.7. The number of hydrogen-bond acceptors (Lipinski definition) is 3. The SMILES string of the molecule is Cc1ccc2onc(CC(=O)NC(C)C34CC5CC(CC(C5)C3)C4)c2c1. The van der Waals surface area contributed by atoms with Crippen molar-refractivity contribution in [2.45, 2.75) is 64.8 Å². The van der Waals surface area contributed by atoms with E-state index in [2.05, 4.69) is 23.5 Å². The number of fused-ring (bicyclic) bond motifs is 1. The number of rotatable bonds is 4. The standard InChI is InChI=1S/C22H28N2O2/c1-13-3-4-20-18(5-13)19(24-26-20)9-21(25)23-14(2)22-10-15-6-16(11-22)8-17(7-15)12-22/h3-5,14-17H,6-12H2,1-2H3,(H,23,25). The third-order valence-electron chi connectivity index (χ3n) is 7.41. The van der Waals surface area contributed by atoms with Crippen LogP contribution in [0.4, 0.5) is 0 Å². The fourth-order valence-electron chi connectivity index (χ4n) is 6.54. The van der Waals surface area contributed by atoms with Gasteiger partial charge in [-0.25, -0.2) is 0 Å². The monoisotopic (exact) mass is 352 g/mol. The van der Waals surface area contributed by atoms with Crippen LogP contribution in [0.2, 0.25) is 0 Å². The van der Waals surface area contributed by atoms with Crippen LogP contribution in [0.3, 0.4) is 0 Å². The molecule has 6 rings (SSSR count). The van der Waals surface area contributed by atoms with E-state index in [1.165, 1.54) is 38.5 Å². The topological polar surface area (TPSA) is 55.1 Å². The largest absolute Gasteiger partial charge is 0.356 e. The van der Waals surface area contributed by atoms with E-state index in [9.17, 15) is 4.79 Å². The third kappa shape index (κ3) is 2.65. The van der Waals surface area contributed by atoms with Crippen LogP contribution in [-0.2, 0) is 11.2 Å². The molecule has 2 aromatic rings. The van der Waals surface area contributed by atoms with Crippen LogP contribution in [0.15, 0.2) is 22.7 Å². The molecule has 4 nitrogen and oxygen atoms in total. The summed E-state index contributed by atoms with van der Waals surface area (Å²) in [5.74, 6) is 2.79. The van der Waals surface area contributed by atoms with Crippen molar-refractivity contribution >= 4 is 16.9 Å². The minimum absolute atomic E-state index is 0.0740. The van der Waals surface area contributed by atoms with Crippen LogP contribution >= 0.6 is 0 Å². The number of nitrogens with zero attached hydrogens (tertiary/aromatic N) is 1. The van der Waals surface area contributed by atoms with Crippen molar-refractivity contribution in [2.24, 2.45) is 23.2 Å². The van der Waals surface area contributed by atoms with Crippen molar-refractivity contribution in [3.8, 4) is 0 Å². The second kappa shape index (κ2) is 5.83. The van der Waals surface area contributed by atoms with Gasteiger partial charge >= 0.3 is 0 Å². The summed E-state index contributed by atoms with van der Waals surface area (Å²) in [5.41, 5.74) is 3.00. The molecule has 4 saturated carbocycles. The number of benzene rings is 1. The van der Waals surface area contributed by atoms with Gasteiger partial charge in [0, 0.05) is 11.4 Å². The number of hydrogen-bond donors (Lipinski definition) is 1. The van der Waals surface area contributed by atoms with E-state index in [0.717, 1.165) is 40.0 Å². The molecule has 138 valence electrons.